The van der Waals surface area contributed by atoms with E-state index in [1.165, 1.54) is 5.56 Å². The second kappa shape index (κ2) is 11.4. The highest BCUT2D eigenvalue weighted by molar-refractivity contribution is 6.08. The zero-order valence-electron chi connectivity index (χ0n) is 22.6. The third-order valence-electron chi connectivity index (χ3n) is 6.29. The SMILES string of the molecule is CCCc1ccc(-c2cc(C(=O)N/N=C(/C)c3cccc(NC(=O)C(C)(C)C)c3)c3ccccc3n2)cc1. The Kier molecular flexibility index (Phi) is 8.01. The van der Waals surface area contributed by atoms with Crippen molar-refractivity contribution in [2.45, 2.75) is 47.5 Å². The van der Waals surface area contributed by atoms with Gasteiger partial charge >= 0.3 is 0 Å². The molecule has 2 N–H and O–H groups in total. The molecular formula is C32H34N4O2. The maximum absolute atomic E-state index is 13.3. The number of amides is 2. The number of nitrogens with one attached hydrogen (secondary N) is 2. The fraction of sp³-hybridized carbons (Fsp3) is 0.250. The first-order valence-electron chi connectivity index (χ1n) is 12.9. The van der Waals surface area contributed by atoms with E-state index in [0.29, 0.717) is 17.0 Å². The van der Waals surface area contributed by atoms with E-state index in [0.717, 1.165) is 40.6 Å². The number of para-hydroxylation sites is 1. The van der Waals surface area contributed by atoms with Gasteiger partial charge in [0.25, 0.3) is 5.91 Å². The number of aromatic nitrogens is 1. The number of hydrogen-bond donors (Lipinski definition) is 2. The highest BCUT2D eigenvalue weighted by Gasteiger charge is 2.21. The lowest BCUT2D eigenvalue weighted by atomic mass is 9.95. The molecule has 0 radical (unpaired) electrons. The summed E-state index contributed by atoms with van der Waals surface area (Å²) >= 11 is 0. The molecular weight excluding hydrogens is 472 g/mol. The maximum Gasteiger partial charge on any atom is 0.272 e. The van der Waals surface area contributed by atoms with Gasteiger partial charge in [0.1, 0.15) is 0 Å². The molecule has 38 heavy (non-hydrogen) atoms. The Hall–Kier alpha value is -4.32. The van der Waals surface area contributed by atoms with Crippen molar-refractivity contribution in [2.75, 3.05) is 5.32 Å². The molecule has 2 amide bonds. The zero-order valence-corrected chi connectivity index (χ0v) is 22.6. The first kappa shape index (κ1) is 26.7. The Balaban J connectivity index is 1.59. The molecule has 0 aliphatic heterocycles. The molecule has 4 aromatic rings. The summed E-state index contributed by atoms with van der Waals surface area (Å²) in [6.07, 6.45) is 2.12. The third kappa shape index (κ3) is 6.32. The summed E-state index contributed by atoms with van der Waals surface area (Å²) < 4.78 is 0. The van der Waals surface area contributed by atoms with Gasteiger partial charge in [0.05, 0.1) is 22.5 Å². The van der Waals surface area contributed by atoms with Crippen molar-refractivity contribution in [3.8, 4) is 11.3 Å². The lowest BCUT2D eigenvalue weighted by Gasteiger charge is -2.18. The predicted octanol–water partition coefficient (Wildman–Crippen LogP) is 6.99. The van der Waals surface area contributed by atoms with Crippen LogP contribution in [-0.4, -0.2) is 22.5 Å². The number of rotatable bonds is 7. The second-order valence-electron chi connectivity index (χ2n) is 10.4. The zero-order chi connectivity index (χ0) is 27.3. The number of aryl methyl sites for hydroxylation is 1. The van der Waals surface area contributed by atoms with Gasteiger partial charge in [-0.25, -0.2) is 10.4 Å². The van der Waals surface area contributed by atoms with Gasteiger partial charge in [0.15, 0.2) is 0 Å². The summed E-state index contributed by atoms with van der Waals surface area (Å²) in [6.45, 7) is 9.58. The Morgan fingerprint density at radius 3 is 2.37 bits per heavy atom. The number of carbonyl (C=O) groups is 2. The third-order valence-corrected chi connectivity index (χ3v) is 6.29. The Bertz CT molecular complexity index is 1500. The molecule has 0 atom stereocenters. The van der Waals surface area contributed by atoms with Crippen LogP contribution >= 0.6 is 0 Å². The Morgan fingerprint density at radius 2 is 1.66 bits per heavy atom. The molecule has 3 aromatic carbocycles. The van der Waals surface area contributed by atoms with Crippen LogP contribution in [0.5, 0.6) is 0 Å². The van der Waals surface area contributed by atoms with E-state index in [1.807, 2.05) is 82.3 Å². The maximum atomic E-state index is 13.3. The number of fused-ring (bicyclic) bond motifs is 1. The van der Waals surface area contributed by atoms with Crippen molar-refractivity contribution in [2.24, 2.45) is 10.5 Å². The molecule has 6 heteroatoms. The molecule has 0 fully saturated rings. The van der Waals surface area contributed by atoms with Gasteiger partial charge in [0, 0.05) is 22.1 Å². The van der Waals surface area contributed by atoms with E-state index in [2.05, 4.69) is 47.0 Å². The fourth-order valence-corrected chi connectivity index (χ4v) is 4.04. The minimum atomic E-state index is -0.503. The largest absolute Gasteiger partial charge is 0.326 e. The number of benzene rings is 3. The molecule has 0 saturated heterocycles. The van der Waals surface area contributed by atoms with Crippen LogP contribution in [0, 0.1) is 5.41 Å². The van der Waals surface area contributed by atoms with Crippen molar-refractivity contribution in [1.29, 1.82) is 0 Å². The summed E-state index contributed by atoms with van der Waals surface area (Å²) in [5.41, 5.74) is 8.53. The van der Waals surface area contributed by atoms with Gasteiger partial charge < -0.3 is 5.32 Å². The van der Waals surface area contributed by atoms with Crippen LogP contribution in [0.15, 0.2) is 84.0 Å². The number of nitrogens with zero attached hydrogens (tertiary/aromatic N) is 2. The molecule has 6 nitrogen and oxygen atoms in total. The molecule has 0 unspecified atom stereocenters. The molecule has 4 rings (SSSR count). The van der Waals surface area contributed by atoms with Gasteiger partial charge in [-0.15, -0.1) is 0 Å². The second-order valence-corrected chi connectivity index (χ2v) is 10.4. The highest BCUT2D eigenvalue weighted by atomic mass is 16.2. The van der Waals surface area contributed by atoms with Crippen LogP contribution < -0.4 is 10.7 Å². The first-order chi connectivity index (χ1) is 18.2. The van der Waals surface area contributed by atoms with E-state index < -0.39 is 5.41 Å². The molecule has 0 aliphatic rings. The van der Waals surface area contributed by atoms with Crippen LogP contribution in [0.3, 0.4) is 0 Å². The molecule has 1 heterocycles. The summed E-state index contributed by atoms with van der Waals surface area (Å²) in [5, 5.41) is 8.06. The number of pyridine rings is 1. The lowest BCUT2D eigenvalue weighted by Crippen LogP contribution is -2.27. The molecule has 0 saturated carbocycles. The van der Waals surface area contributed by atoms with Crippen molar-refractivity contribution >= 4 is 34.1 Å². The van der Waals surface area contributed by atoms with Crippen molar-refractivity contribution in [1.82, 2.24) is 10.4 Å². The summed E-state index contributed by atoms with van der Waals surface area (Å²) in [4.78, 5) is 30.5. The minimum absolute atomic E-state index is 0.0714. The van der Waals surface area contributed by atoms with Crippen LogP contribution in [-0.2, 0) is 11.2 Å². The number of hydrogen-bond acceptors (Lipinski definition) is 4. The lowest BCUT2D eigenvalue weighted by molar-refractivity contribution is -0.123. The summed E-state index contributed by atoms with van der Waals surface area (Å²) in [7, 11) is 0. The van der Waals surface area contributed by atoms with Crippen LogP contribution in [0.4, 0.5) is 5.69 Å². The predicted molar refractivity (Wildman–Crippen MR) is 155 cm³/mol. The Morgan fingerprint density at radius 1 is 0.921 bits per heavy atom. The van der Waals surface area contributed by atoms with Gasteiger partial charge in [-0.2, -0.15) is 5.10 Å². The molecule has 194 valence electrons. The summed E-state index contributed by atoms with van der Waals surface area (Å²) in [6, 6.07) is 25.2. The highest BCUT2D eigenvalue weighted by Crippen LogP contribution is 2.26. The minimum Gasteiger partial charge on any atom is -0.326 e. The van der Waals surface area contributed by atoms with E-state index >= 15 is 0 Å². The standard InChI is InChI=1S/C32H34N4O2/c1-6-10-22-15-17-23(18-16-22)29-20-27(26-13-7-8-14-28(26)34-29)30(37)36-35-21(2)24-11-9-12-25(19-24)33-31(38)32(3,4)5/h7-9,11-20H,6,10H2,1-5H3,(H,33,38)(H,36,37)/b35-21-. The van der Waals surface area contributed by atoms with Crippen molar-refractivity contribution in [3.05, 3.63) is 95.6 Å². The van der Waals surface area contributed by atoms with Crippen LogP contribution in [0.1, 0.15) is 62.5 Å². The molecule has 0 bridgehead atoms. The van der Waals surface area contributed by atoms with Crippen molar-refractivity contribution in [3.63, 3.8) is 0 Å². The monoisotopic (exact) mass is 506 g/mol. The quantitative estimate of drug-likeness (QED) is 0.209. The Labute approximate surface area is 224 Å². The van der Waals surface area contributed by atoms with E-state index in [4.69, 9.17) is 4.98 Å². The fourth-order valence-electron chi connectivity index (χ4n) is 4.04. The number of hydrazone groups is 1. The topological polar surface area (TPSA) is 83.5 Å². The van der Waals surface area contributed by atoms with E-state index in [-0.39, 0.29) is 11.8 Å². The molecule has 0 spiro atoms. The molecule has 0 aliphatic carbocycles. The summed E-state index contributed by atoms with van der Waals surface area (Å²) in [5.74, 6) is -0.387. The normalized spacial score (nSPS) is 11.9. The smallest absolute Gasteiger partial charge is 0.272 e. The van der Waals surface area contributed by atoms with Gasteiger partial charge in [-0.3, -0.25) is 9.59 Å². The number of anilines is 1. The first-order valence-corrected chi connectivity index (χ1v) is 12.9. The van der Waals surface area contributed by atoms with E-state index in [1.54, 1.807) is 0 Å². The van der Waals surface area contributed by atoms with Crippen molar-refractivity contribution < 1.29 is 9.59 Å². The van der Waals surface area contributed by atoms with Gasteiger partial charge in [-0.05, 0) is 48.7 Å². The number of carbonyl (C=O) groups excluding carboxylic acids is 2. The van der Waals surface area contributed by atoms with E-state index in [9.17, 15) is 9.59 Å². The van der Waals surface area contributed by atoms with Gasteiger partial charge in [0.2, 0.25) is 5.91 Å². The average Bonchev–Trinajstić information content (AvgIpc) is 2.91. The van der Waals surface area contributed by atoms with Crippen LogP contribution in [0.2, 0.25) is 0 Å². The average molecular weight is 507 g/mol. The van der Waals surface area contributed by atoms with Crippen LogP contribution in [0.25, 0.3) is 22.2 Å². The van der Waals surface area contributed by atoms with Gasteiger partial charge in [-0.1, -0.05) is 88.7 Å². The molecule has 1 aromatic heterocycles.